The molecule has 0 saturated heterocycles. The van der Waals surface area contributed by atoms with Gasteiger partial charge in [-0.1, -0.05) is 6.07 Å². The maximum Gasteiger partial charge on any atom is 0.123 e. The van der Waals surface area contributed by atoms with E-state index in [0.29, 0.717) is 30.9 Å². The molecule has 2 N–H and O–H groups in total. The first-order valence-corrected chi connectivity index (χ1v) is 6.75. The van der Waals surface area contributed by atoms with E-state index in [2.05, 4.69) is 6.07 Å². The minimum Gasteiger partial charge on any atom is -0.489 e. The highest BCUT2D eigenvalue weighted by Gasteiger charge is 2.07. The molecule has 0 heterocycles. The highest BCUT2D eigenvalue weighted by molar-refractivity contribution is 5.38. The Kier molecular flexibility index (Phi) is 4.91. The zero-order valence-corrected chi connectivity index (χ0v) is 11.9. The van der Waals surface area contributed by atoms with Gasteiger partial charge < -0.3 is 10.5 Å². The molecule has 0 aliphatic rings. The Morgan fingerprint density at radius 1 is 1.19 bits per heavy atom. The Morgan fingerprint density at radius 2 is 2.00 bits per heavy atom. The van der Waals surface area contributed by atoms with Gasteiger partial charge in [-0.05, 0) is 66.9 Å². The predicted octanol–water partition coefficient (Wildman–Crippen LogP) is 3.09. The first-order valence-electron chi connectivity index (χ1n) is 6.75. The van der Waals surface area contributed by atoms with Crippen LogP contribution in [0.5, 0.6) is 5.75 Å². The van der Waals surface area contributed by atoms with E-state index < -0.39 is 0 Å². The average molecular weight is 284 g/mol. The molecule has 21 heavy (non-hydrogen) atoms. The number of nitrogens with two attached hydrogens (primary N) is 1. The molecule has 0 aromatic heterocycles. The van der Waals surface area contributed by atoms with Crippen molar-refractivity contribution in [3.8, 4) is 11.8 Å². The van der Waals surface area contributed by atoms with E-state index in [1.54, 1.807) is 12.1 Å². The molecule has 2 rings (SSSR count). The molecule has 0 spiro atoms. The van der Waals surface area contributed by atoms with Gasteiger partial charge in [0.15, 0.2) is 0 Å². The van der Waals surface area contributed by atoms with Crippen LogP contribution >= 0.6 is 0 Å². The first kappa shape index (κ1) is 15.0. The first-order chi connectivity index (χ1) is 10.1. The largest absolute Gasteiger partial charge is 0.489 e. The number of hydrogen-bond acceptors (Lipinski definition) is 3. The summed E-state index contributed by atoms with van der Waals surface area (Å²) in [5.41, 5.74) is 8.92. The molecule has 4 heteroatoms. The summed E-state index contributed by atoms with van der Waals surface area (Å²) in [5.74, 6) is 0.353. The summed E-state index contributed by atoms with van der Waals surface area (Å²) >= 11 is 0. The minimum atomic E-state index is -0.291. The normalized spacial score (nSPS) is 10.2. The highest BCUT2D eigenvalue weighted by atomic mass is 19.1. The van der Waals surface area contributed by atoms with Gasteiger partial charge in [-0.3, -0.25) is 0 Å². The van der Waals surface area contributed by atoms with Gasteiger partial charge in [-0.2, -0.15) is 5.26 Å². The fourth-order valence-electron chi connectivity index (χ4n) is 2.12. The number of aryl methyl sites for hydroxylation is 1. The molecule has 0 bridgehead atoms. The quantitative estimate of drug-likeness (QED) is 0.917. The monoisotopic (exact) mass is 284 g/mol. The van der Waals surface area contributed by atoms with Gasteiger partial charge in [-0.25, -0.2) is 4.39 Å². The van der Waals surface area contributed by atoms with Crippen LogP contribution in [0.3, 0.4) is 0 Å². The van der Waals surface area contributed by atoms with Crippen molar-refractivity contribution in [3.63, 3.8) is 0 Å². The standard InChI is InChI=1S/C17H17FN2O/c1-12-8-13(10-20)2-3-15(12)11-21-17-5-4-16(18)9-14(17)6-7-19/h2-5,8-9H,6-7,11,19H2,1H3. The second-order valence-electron chi connectivity index (χ2n) is 4.83. The van der Waals surface area contributed by atoms with E-state index >= 15 is 0 Å². The molecule has 2 aromatic rings. The summed E-state index contributed by atoms with van der Waals surface area (Å²) in [5, 5.41) is 8.85. The lowest BCUT2D eigenvalue weighted by Crippen LogP contribution is -2.06. The Labute approximate surface area is 123 Å². The highest BCUT2D eigenvalue weighted by Crippen LogP contribution is 2.22. The second kappa shape index (κ2) is 6.87. The van der Waals surface area contributed by atoms with Crippen LogP contribution in [-0.4, -0.2) is 6.54 Å². The molecule has 0 atom stereocenters. The molecule has 3 nitrogen and oxygen atoms in total. The van der Waals surface area contributed by atoms with Crippen molar-refractivity contribution in [2.75, 3.05) is 6.54 Å². The molecular weight excluding hydrogens is 267 g/mol. The molecule has 108 valence electrons. The fourth-order valence-corrected chi connectivity index (χ4v) is 2.12. The lowest BCUT2D eigenvalue weighted by molar-refractivity contribution is 0.301. The van der Waals surface area contributed by atoms with Gasteiger partial charge in [0.25, 0.3) is 0 Å². The number of benzene rings is 2. The molecule has 2 aromatic carbocycles. The molecule has 0 unspecified atom stereocenters. The van der Waals surface area contributed by atoms with Crippen LogP contribution in [0.25, 0.3) is 0 Å². The van der Waals surface area contributed by atoms with Crippen molar-refractivity contribution in [1.29, 1.82) is 5.26 Å². The number of rotatable bonds is 5. The van der Waals surface area contributed by atoms with E-state index in [4.69, 9.17) is 15.7 Å². The topological polar surface area (TPSA) is 59.0 Å². The van der Waals surface area contributed by atoms with E-state index in [-0.39, 0.29) is 5.82 Å². The smallest absolute Gasteiger partial charge is 0.123 e. The van der Waals surface area contributed by atoms with Gasteiger partial charge in [0.1, 0.15) is 18.2 Å². The van der Waals surface area contributed by atoms with Crippen LogP contribution in [-0.2, 0) is 13.0 Å². The minimum absolute atomic E-state index is 0.291. The summed E-state index contributed by atoms with van der Waals surface area (Å²) in [6, 6.07) is 12.0. The van der Waals surface area contributed by atoms with E-state index in [1.807, 2.05) is 19.1 Å². The zero-order valence-electron chi connectivity index (χ0n) is 11.9. The summed E-state index contributed by atoms with van der Waals surface area (Å²) in [7, 11) is 0. The number of hydrogen-bond donors (Lipinski definition) is 1. The Hall–Kier alpha value is -2.38. The number of ether oxygens (including phenoxy) is 1. The lowest BCUT2D eigenvalue weighted by Gasteiger charge is -2.12. The van der Waals surface area contributed by atoms with Crippen molar-refractivity contribution in [2.24, 2.45) is 5.73 Å². The Bertz CT molecular complexity index is 677. The van der Waals surface area contributed by atoms with Gasteiger partial charge in [-0.15, -0.1) is 0 Å². The summed E-state index contributed by atoms with van der Waals surface area (Å²) < 4.78 is 19.0. The van der Waals surface area contributed by atoms with Crippen LogP contribution in [0.1, 0.15) is 22.3 Å². The molecule has 0 amide bonds. The van der Waals surface area contributed by atoms with Crippen molar-refractivity contribution < 1.29 is 9.13 Å². The SMILES string of the molecule is Cc1cc(C#N)ccc1COc1ccc(F)cc1CCN. The number of nitriles is 1. The zero-order chi connectivity index (χ0) is 15.2. The maximum atomic E-state index is 13.3. The summed E-state index contributed by atoms with van der Waals surface area (Å²) in [6.07, 6.45) is 0.569. The summed E-state index contributed by atoms with van der Waals surface area (Å²) in [4.78, 5) is 0. The van der Waals surface area contributed by atoms with Gasteiger partial charge in [0.2, 0.25) is 0 Å². The third-order valence-corrected chi connectivity index (χ3v) is 3.29. The third-order valence-electron chi connectivity index (χ3n) is 3.29. The lowest BCUT2D eigenvalue weighted by atomic mass is 10.1. The van der Waals surface area contributed by atoms with Crippen molar-refractivity contribution in [1.82, 2.24) is 0 Å². The molecule has 0 saturated carbocycles. The Balaban J connectivity index is 2.15. The average Bonchev–Trinajstić information content (AvgIpc) is 2.48. The van der Waals surface area contributed by atoms with Crippen molar-refractivity contribution in [2.45, 2.75) is 20.0 Å². The number of halogens is 1. The van der Waals surface area contributed by atoms with E-state index in [1.165, 1.54) is 12.1 Å². The van der Waals surface area contributed by atoms with Crippen molar-refractivity contribution >= 4 is 0 Å². The molecular formula is C17H17FN2O. The maximum absolute atomic E-state index is 13.3. The van der Waals surface area contributed by atoms with Crippen molar-refractivity contribution in [3.05, 3.63) is 64.5 Å². The summed E-state index contributed by atoms with van der Waals surface area (Å²) in [6.45, 7) is 2.75. The molecule has 0 aliphatic heterocycles. The van der Waals surface area contributed by atoms with Gasteiger partial charge in [0.05, 0.1) is 11.6 Å². The predicted molar refractivity (Wildman–Crippen MR) is 79.4 cm³/mol. The second-order valence-corrected chi connectivity index (χ2v) is 4.83. The van der Waals surface area contributed by atoms with Gasteiger partial charge >= 0.3 is 0 Å². The van der Waals surface area contributed by atoms with Gasteiger partial charge in [0, 0.05) is 0 Å². The van der Waals surface area contributed by atoms with Crippen LogP contribution in [0.2, 0.25) is 0 Å². The van der Waals surface area contributed by atoms with Crippen LogP contribution in [0.15, 0.2) is 36.4 Å². The third kappa shape index (κ3) is 3.80. The fraction of sp³-hybridized carbons (Fsp3) is 0.235. The van der Waals surface area contributed by atoms with Crippen LogP contribution < -0.4 is 10.5 Å². The van der Waals surface area contributed by atoms with E-state index in [0.717, 1.165) is 16.7 Å². The molecule has 0 fully saturated rings. The van der Waals surface area contributed by atoms with Crippen LogP contribution in [0.4, 0.5) is 4.39 Å². The Morgan fingerprint density at radius 3 is 2.67 bits per heavy atom. The van der Waals surface area contributed by atoms with E-state index in [9.17, 15) is 4.39 Å². The molecule has 0 radical (unpaired) electrons. The van der Waals surface area contributed by atoms with Crippen LogP contribution in [0, 0.1) is 24.1 Å². The number of nitrogens with zero attached hydrogens (tertiary/aromatic N) is 1. The molecule has 0 aliphatic carbocycles.